The number of rotatable bonds is 1. The molecule has 0 aliphatic carbocycles. The first-order valence-corrected chi connectivity index (χ1v) is 8.53. The van der Waals surface area contributed by atoms with Gasteiger partial charge in [0.25, 0.3) is 0 Å². The molecule has 2 aromatic rings. The third-order valence-corrected chi connectivity index (χ3v) is 3.96. The van der Waals surface area contributed by atoms with Crippen molar-refractivity contribution in [1.82, 2.24) is 9.78 Å². The second kappa shape index (κ2) is 5.25. The number of benzene rings is 1. The van der Waals surface area contributed by atoms with Crippen LogP contribution in [-0.4, -0.2) is 15.3 Å². The van der Waals surface area contributed by atoms with Crippen molar-refractivity contribution in [1.29, 1.82) is 0 Å². The molecule has 128 valence electrons. The maximum atomic E-state index is 4.94. The molecular weight excluding hydrogens is 282 g/mol. The number of aryl methyl sites for hydroxylation is 1. The van der Waals surface area contributed by atoms with E-state index in [1.54, 1.807) is 0 Å². The molecule has 1 aromatic carbocycles. The SMILES string of the molecule is Cc1cc(C(C)(C)C)cc2c(NC(C)(C)C)n(C(C)(C)C)nc12. The third kappa shape index (κ3) is 3.70. The minimum atomic E-state index is -0.0685. The zero-order valence-electron chi connectivity index (χ0n) is 16.5. The van der Waals surface area contributed by atoms with E-state index in [0.29, 0.717) is 0 Å². The van der Waals surface area contributed by atoms with Crippen LogP contribution in [0.25, 0.3) is 10.9 Å². The predicted molar refractivity (Wildman–Crippen MR) is 102 cm³/mol. The van der Waals surface area contributed by atoms with Crippen molar-refractivity contribution >= 4 is 16.7 Å². The van der Waals surface area contributed by atoms with Crippen molar-refractivity contribution in [3.05, 3.63) is 23.3 Å². The van der Waals surface area contributed by atoms with Gasteiger partial charge in [0.1, 0.15) is 5.82 Å². The van der Waals surface area contributed by atoms with E-state index in [2.05, 4.69) is 91.4 Å². The molecule has 0 unspecified atom stereocenters. The van der Waals surface area contributed by atoms with Crippen molar-refractivity contribution in [2.75, 3.05) is 5.32 Å². The molecule has 0 spiro atoms. The van der Waals surface area contributed by atoms with E-state index < -0.39 is 0 Å². The van der Waals surface area contributed by atoms with Crippen molar-refractivity contribution < 1.29 is 0 Å². The number of nitrogens with one attached hydrogen (secondary N) is 1. The molecule has 0 aliphatic rings. The summed E-state index contributed by atoms with van der Waals surface area (Å²) in [6, 6.07) is 4.59. The fourth-order valence-electron chi connectivity index (χ4n) is 2.75. The molecule has 2 rings (SSSR count). The van der Waals surface area contributed by atoms with Crippen LogP contribution >= 0.6 is 0 Å². The molecule has 23 heavy (non-hydrogen) atoms. The van der Waals surface area contributed by atoms with Gasteiger partial charge in [0.05, 0.1) is 11.1 Å². The topological polar surface area (TPSA) is 29.9 Å². The number of hydrogen-bond acceptors (Lipinski definition) is 2. The molecule has 1 heterocycles. The van der Waals surface area contributed by atoms with E-state index in [1.165, 1.54) is 16.5 Å². The van der Waals surface area contributed by atoms with Crippen molar-refractivity contribution in [3.63, 3.8) is 0 Å². The zero-order valence-corrected chi connectivity index (χ0v) is 16.5. The summed E-state index contributed by atoms with van der Waals surface area (Å²) in [4.78, 5) is 0. The maximum absolute atomic E-state index is 4.94. The first-order chi connectivity index (χ1) is 10.2. The van der Waals surface area contributed by atoms with Crippen LogP contribution in [0.1, 0.15) is 73.4 Å². The number of hydrogen-bond donors (Lipinski definition) is 1. The Morgan fingerprint density at radius 1 is 0.913 bits per heavy atom. The van der Waals surface area contributed by atoms with Crippen molar-refractivity contribution in [2.24, 2.45) is 0 Å². The first-order valence-electron chi connectivity index (χ1n) is 8.53. The minimum absolute atomic E-state index is 0.0123. The highest BCUT2D eigenvalue weighted by molar-refractivity contribution is 5.93. The number of anilines is 1. The lowest BCUT2D eigenvalue weighted by Crippen LogP contribution is -2.32. The summed E-state index contributed by atoms with van der Waals surface area (Å²) in [5, 5.41) is 9.85. The second-order valence-corrected chi connectivity index (χ2v) is 9.75. The lowest BCUT2D eigenvalue weighted by Gasteiger charge is -2.28. The van der Waals surface area contributed by atoms with Crippen molar-refractivity contribution in [2.45, 2.75) is 85.7 Å². The van der Waals surface area contributed by atoms with Crippen LogP contribution in [0.2, 0.25) is 0 Å². The van der Waals surface area contributed by atoms with Gasteiger partial charge in [-0.2, -0.15) is 5.10 Å². The fraction of sp³-hybridized carbons (Fsp3) is 0.650. The average Bonchev–Trinajstić information content (AvgIpc) is 2.65. The molecule has 1 aromatic heterocycles. The van der Waals surface area contributed by atoms with Gasteiger partial charge in [-0.05, 0) is 71.1 Å². The highest BCUT2D eigenvalue weighted by atomic mass is 15.4. The Morgan fingerprint density at radius 3 is 1.91 bits per heavy atom. The standard InChI is InChI=1S/C20H33N3/c1-13-11-14(18(2,3)4)12-15-16(13)22-23(20(8,9)10)17(15)21-19(5,6)7/h11-12,21H,1-10H3. The zero-order chi connectivity index (χ0) is 17.8. The summed E-state index contributed by atoms with van der Waals surface area (Å²) >= 11 is 0. The lowest BCUT2D eigenvalue weighted by molar-refractivity contribution is 0.360. The van der Waals surface area contributed by atoms with E-state index in [9.17, 15) is 0 Å². The highest BCUT2D eigenvalue weighted by Crippen LogP contribution is 2.35. The van der Waals surface area contributed by atoms with Crippen LogP contribution in [0.3, 0.4) is 0 Å². The molecule has 0 atom stereocenters. The molecule has 3 nitrogen and oxygen atoms in total. The summed E-state index contributed by atoms with van der Waals surface area (Å²) < 4.78 is 2.14. The monoisotopic (exact) mass is 315 g/mol. The molecule has 0 aliphatic heterocycles. The van der Waals surface area contributed by atoms with Crippen LogP contribution < -0.4 is 5.32 Å². The summed E-state index contributed by atoms with van der Waals surface area (Å²) in [6.07, 6.45) is 0. The Morgan fingerprint density at radius 2 is 1.48 bits per heavy atom. The van der Waals surface area contributed by atoms with Gasteiger partial charge in [-0.15, -0.1) is 0 Å². The molecular formula is C20H33N3. The Bertz CT molecular complexity index is 716. The van der Waals surface area contributed by atoms with E-state index in [4.69, 9.17) is 5.10 Å². The van der Waals surface area contributed by atoms with Gasteiger partial charge in [-0.25, -0.2) is 4.68 Å². The van der Waals surface area contributed by atoms with Gasteiger partial charge in [0.2, 0.25) is 0 Å². The van der Waals surface area contributed by atoms with E-state index >= 15 is 0 Å². The molecule has 0 bridgehead atoms. The van der Waals surface area contributed by atoms with Crippen LogP contribution in [0.4, 0.5) is 5.82 Å². The normalized spacial score (nSPS) is 13.7. The molecule has 0 radical (unpaired) electrons. The van der Waals surface area contributed by atoms with E-state index in [-0.39, 0.29) is 16.5 Å². The molecule has 0 amide bonds. The lowest BCUT2D eigenvalue weighted by atomic mass is 9.85. The highest BCUT2D eigenvalue weighted by Gasteiger charge is 2.26. The molecule has 0 saturated carbocycles. The van der Waals surface area contributed by atoms with Gasteiger partial charge in [-0.3, -0.25) is 0 Å². The Kier molecular flexibility index (Phi) is 4.07. The summed E-state index contributed by atoms with van der Waals surface area (Å²) in [5.41, 5.74) is 3.74. The molecule has 1 N–H and O–H groups in total. The van der Waals surface area contributed by atoms with Gasteiger partial charge >= 0.3 is 0 Å². The van der Waals surface area contributed by atoms with Gasteiger partial charge < -0.3 is 5.32 Å². The van der Waals surface area contributed by atoms with Gasteiger partial charge in [0, 0.05) is 10.9 Å². The predicted octanol–water partition coefficient (Wildman–Crippen LogP) is 5.61. The summed E-state index contributed by atoms with van der Waals surface area (Å²) in [6.45, 7) is 22.1. The van der Waals surface area contributed by atoms with Crippen LogP contribution in [0, 0.1) is 6.92 Å². The molecule has 3 heteroatoms. The van der Waals surface area contributed by atoms with Crippen LogP contribution in [-0.2, 0) is 11.0 Å². The third-order valence-electron chi connectivity index (χ3n) is 3.96. The second-order valence-electron chi connectivity index (χ2n) is 9.75. The maximum Gasteiger partial charge on any atom is 0.133 e. The number of fused-ring (bicyclic) bond motifs is 1. The minimum Gasteiger partial charge on any atom is -0.365 e. The van der Waals surface area contributed by atoms with Gasteiger partial charge in [-0.1, -0.05) is 26.8 Å². The smallest absolute Gasteiger partial charge is 0.133 e. The first kappa shape index (κ1) is 17.8. The summed E-state index contributed by atoms with van der Waals surface area (Å²) in [5.74, 6) is 1.12. The summed E-state index contributed by atoms with van der Waals surface area (Å²) in [7, 11) is 0. The van der Waals surface area contributed by atoms with E-state index in [1.807, 2.05) is 0 Å². The fourth-order valence-corrected chi connectivity index (χ4v) is 2.75. The average molecular weight is 316 g/mol. The van der Waals surface area contributed by atoms with Crippen LogP contribution in [0.5, 0.6) is 0 Å². The molecule has 0 saturated heterocycles. The Labute approximate surface area is 141 Å². The Balaban J connectivity index is 2.83. The van der Waals surface area contributed by atoms with Crippen LogP contribution in [0.15, 0.2) is 12.1 Å². The van der Waals surface area contributed by atoms with Gasteiger partial charge in [0.15, 0.2) is 0 Å². The van der Waals surface area contributed by atoms with Crippen molar-refractivity contribution in [3.8, 4) is 0 Å². The number of aromatic nitrogens is 2. The Hall–Kier alpha value is -1.51. The van der Waals surface area contributed by atoms with E-state index in [0.717, 1.165) is 11.3 Å². The number of nitrogens with zero attached hydrogens (tertiary/aromatic N) is 2. The molecule has 0 fully saturated rings. The quantitative estimate of drug-likeness (QED) is 0.741. The largest absolute Gasteiger partial charge is 0.365 e.